The lowest BCUT2D eigenvalue weighted by Crippen LogP contribution is -2.03. The van der Waals surface area contributed by atoms with Gasteiger partial charge in [0.25, 0.3) is 0 Å². The summed E-state index contributed by atoms with van der Waals surface area (Å²) < 4.78 is 30.0. The summed E-state index contributed by atoms with van der Waals surface area (Å²) in [6.45, 7) is 0. The van der Waals surface area contributed by atoms with E-state index in [1.165, 1.54) is 12.1 Å². The molecule has 3 rings (SSSR count). The van der Waals surface area contributed by atoms with Crippen molar-refractivity contribution in [3.05, 3.63) is 57.4 Å². The summed E-state index contributed by atoms with van der Waals surface area (Å²) in [4.78, 5) is 4.38. The van der Waals surface area contributed by atoms with E-state index in [1.54, 1.807) is 4.57 Å². The van der Waals surface area contributed by atoms with Crippen molar-refractivity contribution in [2.45, 2.75) is 5.88 Å². The fraction of sp³-hybridized carbons (Fsp3) is 0.0714. The Balaban J connectivity index is 2.37. The summed E-state index contributed by atoms with van der Waals surface area (Å²) in [5, 5.41) is 0. The van der Waals surface area contributed by atoms with Crippen LogP contribution in [0, 0.1) is 15.2 Å². The topological polar surface area (TPSA) is 17.8 Å². The van der Waals surface area contributed by atoms with E-state index in [9.17, 15) is 8.78 Å². The molecule has 0 N–H and O–H groups in total. The van der Waals surface area contributed by atoms with Crippen molar-refractivity contribution in [3.63, 3.8) is 0 Å². The van der Waals surface area contributed by atoms with Gasteiger partial charge in [-0.25, -0.2) is 13.8 Å². The normalized spacial score (nSPS) is 11.2. The molecule has 20 heavy (non-hydrogen) atoms. The second kappa shape index (κ2) is 5.29. The molecule has 0 unspecified atom stereocenters. The predicted molar refractivity (Wildman–Crippen MR) is 83.3 cm³/mol. The first-order valence-corrected chi connectivity index (χ1v) is 7.40. The zero-order valence-electron chi connectivity index (χ0n) is 10.1. The maximum absolute atomic E-state index is 14.0. The quantitative estimate of drug-likeness (QED) is 0.449. The number of fused-ring (bicyclic) bond motifs is 1. The third-order valence-corrected chi connectivity index (χ3v) is 3.89. The SMILES string of the molecule is Fc1cccc(-n2c(CCl)nc3cc(I)ccc32)c1F. The van der Waals surface area contributed by atoms with E-state index in [0.29, 0.717) is 16.9 Å². The summed E-state index contributed by atoms with van der Waals surface area (Å²) in [6.07, 6.45) is 0. The van der Waals surface area contributed by atoms with Gasteiger partial charge in [-0.2, -0.15) is 0 Å². The first kappa shape index (κ1) is 13.8. The van der Waals surface area contributed by atoms with E-state index in [2.05, 4.69) is 27.6 Å². The summed E-state index contributed by atoms with van der Waals surface area (Å²) in [7, 11) is 0. The van der Waals surface area contributed by atoms with Gasteiger partial charge in [-0.1, -0.05) is 6.07 Å². The molecule has 3 aromatic rings. The van der Waals surface area contributed by atoms with Crippen LogP contribution < -0.4 is 0 Å². The molecule has 0 saturated heterocycles. The Labute approximate surface area is 132 Å². The molecule has 2 aromatic carbocycles. The Morgan fingerprint density at radius 1 is 1.20 bits per heavy atom. The van der Waals surface area contributed by atoms with Crippen molar-refractivity contribution in [1.29, 1.82) is 0 Å². The van der Waals surface area contributed by atoms with Gasteiger partial charge in [0.05, 0.1) is 22.6 Å². The molecular weight excluding hydrogens is 397 g/mol. The van der Waals surface area contributed by atoms with Gasteiger partial charge >= 0.3 is 0 Å². The second-order valence-corrected chi connectivity index (χ2v) is 5.72. The molecule has 1 aromatic heterocycles. The van der Waals surface area contributed by atoms with Crippen molar-refractivity contribution >= 4 is 45.2 Å². The average molecular weight is 405 g/mol. The van der Waals surface area contributed by atoms with E-state index in [1.807, 2.05) is 18.2 Å². The van der Waals surface area contributed by atoms with Gasteiger partial charge in [0.1, 0.15) is 5.82 Å². The lowest BCUT2D eigenvalue weighted by molar-refractivity contribution is 0.504. The first-order chi connectivity index (χ1) is 9.61. The predicted octanol–water partition coefficient (Wildman–Crippen LogP) is 4.65. The minimum absolute atomic E-state index is 0.112. The van der Waals surface area contributed by atoms with Gasteiger partial charge in [0.2, 0.25) is 0 Å². The van der Waals surface area contributed by atoms with Crippen molar-refractivity contribution in [2.75, 3.05) is 0 Å². The number of hydrogen-bond acceptors (Lipinski definition) is 1. The van der Waals surface area contributed by atoms with Crippen molar-refractivity contribution in [1.82, 2.24) is 9.55 Å². The number of halogens is 4. The molecule has 0 aliphatic heterocycles. The van der Waals surface area contributed by atoms with Crippen LogP contribution in [0.1, 0.15) is 5.82 Å². The van der Waals surface area contributed by atoms with E-state index in [-0.39, 0.29) is 11.6 Å². The second-order valence-electron chi connectivity index (χ2n) is 4.20. The largest absolute Gasteiger partial charge is 0.292 e. The molecule has 0 radical (unpaired) electrons. The van der Waals surface area contributed by atoms with Gasteiger partial charge in [0, 0.05) is 3.57 Å². The molecule has 0 fully saturated rings. The minimum atomic E-state index is -0.906. The molecule has 1 heterocycles. The highest BCUT2D eigenvalue weighted by Crippen LogP contribution is 2.26. The molecule has 0 aliphatic rings. The molecule has 0 atom stereocenters. The molecule has 0 saturated carbocycles. The summed E-state index contributed by atoms with van der Waals surface area (Å²) in [5.41, 5.74) is 1.52. The van der Waals surface area contributed by atoms with Crippen LogP contribution >= 0.6 is 34.2 Å². The van der Waals surface area contributed by atoms with Crippen LogP contribution in [-0.4, -0.2) is 9.55 Å². The smallest absolute Gasteiger partial charge is 0.182 e. The lowest BCUT2D eigenvalue weighted by atomic mass is 10.2. The maximum atomic E-state index is 14.0. The monoisotopic (exact) mass is 404 g/mol. The van der Waals surface area contributed by atoms with Crippen LogP contribution in [0.15, 0.2) is 36.4 Å². The highest BCUT2D eigenvalue weighted by atomic mass is 127. The number of hydrogen-bond donors (Lipinski definition) is 0. The summed E-state index contributed by atoms with van der Waals surface area (Å²) in [5.74, 6) is -1.21. The Morgan fingerprint density at radius 2 is 2.00 bits per heavy atom. The van der Waals surface area contributed by atoms with Crippen LogP contribution in [-0.2, 0) is 5.88 Å². The standard InChI is InChI=1S/C14H8ClF2IN2/c15-7-13-19-10-6-8(18)4-5-11(10)20(13)12-3-1-2-9(16)14(12)17/h1-6H,7H2. The molecule has 0 amide bonds. The van der Waals surface area contributed by atoms with Crippen LogP contribution in [0.2, 0.25) is 0 Å². The van der Waals surface area contributed by atoms with E-state index < -0.39 is 11.6 Å². The van der Waals surface area contributed by atoms with Gasteiger partial charge < -0.3 is 0 Å². The van der Waals surface area contributed by atoms with E-state index >= 15 is 0 Å². The van der Waals surface area contributed by atoms with Crippen LogP contribution in [0.5, 0.6) is 0 Å². The van der Waals surface area contributed by atoms with Crippen molar-refractivity contribution in [2.24, 2.45) is 0 Å². The number of alkyl halides is 1. The van der Waals surface area contributed by atoms with Crippen LogP contribution in [0.25, 0.3) is 16.7 Å². The highest BCUT2D eigenvalue weighted by molar-refractivity contribution is 14.1. The van der Waals surface area contributed by atoms with Gasteiger partial charge in [0.15, 0.2) is 11.6 Å². The van der Waals surface area contributed by atoms with Crippen molar-refractivity contribution in [3.8, 4) is 5.69 Å². The Morgan fingerprint density at radius 3 is 2.75 bits per heavy atom. The van der Waals surface area contributed by atoms with Crippen LogP contribution in [0.4, 0.5) is 8.78 Å². The van der Waals surface area contributed by atoms with Gasteiger partial charge in [-0.05, 0) is 52.9 Å². The highest BCUT2D eigenvalue weighted by Gasteiger charge is 2.16. The molecule has 0 spiro atoms. The number of imidazole rings is 1. The third-order valence-electron chi connectivity index (χ3n) is 2.98. The number of rotatable bonds is 2. The van der Waals surface area contributed by atoms with Crippen LogP contribution in [0.3, 0.4) is 0 Å². The van der Waals surface area contributed by atoms with Gasteiger partial charge in [-0.3, -0.25) is 4.57 Å². The zero-order chi connectivity index (χ0) is 14.3. The minimum Gasteiger partial charge on any atom is -0.292 e. The zero-order valence-corrected chi connectivity index (χ0v) is 13.0. The van der Waals surface area contributed by atoms with Crippen molar-refractivity contribution < 1.29 is 8.78 Å². The summed E-state index contributed by atoms with van der Waals surface area (Å²) in [6, 6.07) is 9.64. The Bertz CT molecular complexity index is 801. The van der Waals surface area contributed by atoms with E-state index in [4.69, 9.17) is 11.6 Å². The Kier molecular flexibility index (Phi) is 3.64. The fourth-order valence-corrected chi connectivity index (χ4v) is 2.78. The molecule has 102 valence electrons. The molecular formula is C14H8ClF2IN2. The Hall–Kier alpha value is -1.21. The average Bonchev–Trinajstić information content (AvgIpc) is 2.79. The lowest BCUT2D eigenvalue weighted by Gasteiger charge is -2.09. The molecule has 2 nitrogen and oxygen atoms in total. The third kappa shape index (κ3) is 2.18. The number of benzene rings is 2. The molecule has 0 aliphatic carbocycles. The maximum Gasteiger partial charge on any atom is 0.182 e. The fourth-order valence-electron chi connectivity index (χ4n) is 2.13. The molecule has 0 bridgehead atoms. The van der Waals surface area contributed by atoms with Gasteiger partial charge in [-0.15, -0.1) is 11.6 Å². The summed E-state index contributed by atoms with van der Waals surface area (Å²) >= 11 is 8.06. The molecule has 6 heteroatoms. The first-order valence-electron chi connectivity index (χ1n) is 5.79. The number of nitrogens with zero attached hydrogens (tertiary/aromatic N) is 2. The number of aromatic nitrogens is 2. The van der Waals surface area contributed by atoms with E-state index in [0.717, 1.165) is 9.64 Å².